The van der Waals surface area contributed by atoms with Crippen molar-refractivity contribution >= 4 is 33.5 Å². The Labute approximate surface area is 198 Å². The minimum absolute atomic E-state index is 0.0581. The molecule has 0 unspecified atom stereocenters. The SMILES string of the molecule is Oc1c(F)cc(-n2cc(-c3ccc4c(Oc5cc(F)cc(I)c5)cccc4n3)nn2)cc1F. The fraction of sp³-hybridized carbons (Fsp3) is 0. The molecule has 0 spiro atoms. The molecule has 0 aliphatic rings. The molecule has 0 amide bonds. The number of nitrogens with zero attached hydrogens (tertiary/aromatic N) is 4. The summed E-state index contributed by atoms with van der Waals surface area (Å²) in [6.07, 6.45) is 1.47. The Balaban J connectivity index is 1.48. The van der Waals surface area contributed by atoms with Crippen LogP contribution < -0.4 is 4.74 Å². The first-order chi connectivity index (χ1) is 15.9. The van der Waals surface area contributed by atoms with Crippen molar-refractivity contribution in [3.05, 3.63) is 87.9 Å². The largest absolute Gasteiger partial charge is 0.503 e. The summed E-state index contributed by atoms with van der Waals surface area (Å²) in [5.74, 6) is -2.79. The molecule has 2 aromatic heterocycles. The highest BCUT2D eigenvalue weighted by atomic mass is 127. The van der Waals surface area contributed by atoms with Crippen LogP contribution in [0.1, 0.15) is 0 Å². The van der Waals surface area contributed by atoms with Crippen molar-refractivity contribution in [2.24, 2.45) is 0 Å². The van der Waals surface area contributed by atoms with Gasteiger partial charge in [-0.05, 0) is 59.0 Å². The van der Waals surface area contributed by atoms with Crippen molar-refractivity contribution in [1.82, 2.24) is 20.0 Å². The number of ether oxygens (including phenoxy) is 1. The second kappa shape index (κ2) is 8.35. The van der Waals surface area contributed by atoms with E-state index in [-0.39, 0.29) is 5.69 Å². The van der Waals surface area contributed by atoms with Gasteiger partial charge in [-0.3, -0.25) is 0 Å². The molecule has 6 nitrogen and oxygen atoms in total. The number of hydrogen-bond acceptors (Lipinski definition) is 5. The zero-order valence-corrected chi connectivity index (χ0v) is 18.7. The van der Waals surface area contributed by atoms with E-state index in [9.17, 15) is 18.3 Å². The molecular formula is C23H12F3IN4O2. The molecule has 5 aromatic rings. The van der Waals surface area contributed by atoms with Crippen LogP contribution in [0, 0.1) is 21.0 Å². The van der Waals surface area contributed by atoms with Crippen LogP contribution in [0.15, 0.2) is 66.9 Å². The van der Waals surface area contributed by atoms with Gasteiger partial charge in [-0.25, -0.2) is 22.8 Å². The van der Waals surface area contributed by atoms with Gasteiger partial charge in [0.2, 0.25) is 0 Å². The standard InChI is InChI=1S/C23H12F3IN4O2/c24-12-6-13(27)8-15(7-12)33-22-3-1-2-19-16(22)4-5-20(28-19)21-11-31(30-29-21)14-9-17(25)23(32)18(26)10-14/h1-11,32H. The first kappa shape index (κ1) is 21.2. The van der Waals surface area contributed by atoms with Crippen molar-refractivity contribution in [1.29, 1.82) is 0 Å². The van der Waals surface area contributed by atoms with E-state index in [0.29, 0.717) is 37.4 Å². The molecule has 0 radical (unpaired) electrons. The number of phenolic OH excluding ortho intramolecular Hbond substituents is 1. The quantitative estimate of drug-likeness (QED) is 0.273. The number of hydrogen-bond donors (Lipinski definition) is 1. The summed E-state index contributed by atoms with van der Waals surface area (Å²) < 4.78 is 48.8. The second-order valence-corrected chi connectivity index (χ2v) is 8.28. The Bertz CT molecular complexity index is 1480. The number of fused-ring (bicyclic) bond motifs is 1. The summed E-state index contributed by atoms with van der Waals surface area (Å²) >= 11 is 2.01. The Morgan fingerprint density at radius 3 is 2.45 bits per heavy atom. The summed E-state index contributed by atoms with van der Waals surface area (Å²) in [4.78, 5) is 4.58. The fourth-order valence-electron chi connectivity index (χ4n) is 3.26. The summed E-state index contributed by atoms with van der Waals surface area (Å²) in [6, 6.07) is 15.1. The summed E-state index contributed by atoms with van der Waals surface area (Å²) in [5, 5.41) is 17.9. The summed E-state index contributed by atoms with van der Waals surface area (Å²) in [5.41, 5.74) is 1.51. The third-order valence-corrected chi connectivity index (χ3v) is 5.40. The highest BCUT2D eigenvalue weighted by Crippen LogP contribution is 2.32. The molecule has 5 rings (SSSR count). The number of rotatable bonds is 4. The topological polar surface area (TPSA) is 73.1 Å². The molecule has 0 atom stereocenters. The number of pyridine rings is 1. The number of halogens is 4. The van der Waals surface area contributed by atoms with Crippen LogP contribution in [0.2, 0.25) is 0 Å². The van der Waals surface area contributed by atoms with Gasteiger partial charge in [0, 0.05) is 27.2 Å². The van der Waals surface area contributed by atoms with Gasteiger partial charge < -0.3 is 9.84 Å². The summed E-state index contributed by atoms with van der Waals surface area (Å²) in [6.45, 7) is 0. The van der Waals surface area contributed by atoms with Crippen molar-refractivity contribution < 1.29 is 23.0 Å². The van der Waals surface area contributed by atoms with Gasteiger partial charge in [0.15, 0.2) is 17.4 Å². The van der Waals surface area contributed by atoms with Crippen molar-refractivity contribution in [3.63, 3.8) is 0 Å². The van der Waals surface area contributed by atoms with Gasteiger partial charge in [-0.2, -0.15) is 0 Å². The molecule has 0 bridgehead atoms. The number of aromatic nitrogens is 4. The van der Waals surface area contributed by atoms with Gasteiger partial charge >= 0.3 is 0 Å². The molecule has 0 fully saturated rings. The normalized spacial score (nSPS) is 11.2. The van der Waals surface area contributed by atoms with Crippen LogP contribution in [0.4, 0.5) is 13.2 Å². The van der Waals surface area contributed by atoms with Gasteiger partial charge in [0.1, 0.15) is 23.0 Å². The van der Waals surface area contributed by atoms with E-state index >= 15 is 0 Å². The van der Waals surface area contributed by atoms with Crippen molar-refractivity contribution in [2.45, 2.75) is 0 Å². The second-order valence-electron chi connectivity index (χ2n) is 7.03. The van der Waals surface area contributed by atoms with E-state index in [1.165, 1.54) is 23.0 Å². The van der Waals surface area contributed by atoms with Crippen molar-refractivity contribution in [2.75, 3.05) is 0 Å². The first-order valence-corrected chi connectivity index (χ1v) is 10.6. The zero-order valence-electron chi connectivity index (χ0n) is 16.5. The van der Waals surface area contributed by atoms with E-state index in [1.54, 1.807) is 36.4 Å². The molecule has 1 N–H and O–H groups in total. The average Bonchev–Trinajstić information content (AvgIpc) is 3.27. The predicted molar refractivity (Wildman–Crippen MR) is 123 cm³/mol. The van der Waals surface area contributed by atoms with Crippen LogP contribution in [0.5, 0.6) is 17.2 Å². The summed E-state index contributed by atoms with van der Waals surface area (Å²) in [7, 11) is 0. The lowest BCUT2D eigenvalue weighted by molar-refractivity contribution is 0.395. The molecule has 164 valence electrons. The van der Waals surface area contributed by atoms with Gasteiger partial charge in [-0.15, -0.1) is 5.10 Å². The first-order valence-electron chi connectivity index (χ1n) is 9.52. The number of phenols is 1. The van der Waals surface area contributed by atoms with Crippen LogP contribution in [-0.4, -0.2) is 25.1 Å². The van der Waals surface area contributed by atoms with E-state index in [1.807, 2.05) is 22.6 Å². The zero-order chi connectivity index (χ0) is 23.1. The number of benzene rings is 3. The highest BCUT2D eigenvalue weighted by molar-refractivity contribution is 14.1. The van der Waals surface area contributed by atoms with Crippen LogP contribution in [-0.2, 0) is 0 Å². The van der Waals surface area contributed by atoms with Gasteiger partial charge in [-0.1, -0.05) is 11.3 Å². The Kier molecular flexibility index (Phi) is 5.36. The van der Waals surface area contributed by atoms with Crippen LogP contribution >= 0.6 is 22.6 Å². The smallest absolute Gasteiger partial charge is 0.187 e. The van der Waals surface area contributed by atoms with Crippen LogP contribution in [0.25, 0.3) is 28.0 Å². The molecule has 33 heavy (non-hydrogen) atoms. The van der Waals surface area contributed by atoms with Gasteiger partial charge in [0.25, 0.3) is 0 Å². The lowest BCUT2D eigenvalue weighted by Crippen LogP contribution is -1.97. The Morgan fingerprint density at radius 1 is 0.909 bits per heavy atom. The maximum absolute atomic E-state index is 13.7. The molecule has 2 heterocycles. The molecule has 0 saturated carbocycles. The van der Waals surface area contributed by atoms with Gasteiger partial charge in [0.05, 0.1) is 23.1 Å². The maximum atomic E-state index is 13.7. The Morgan fingerprint density at radius 2 is 1.70 bits per heavy atom. The Hall–Kier alpha value is -3.67. The predicted octanol–water partition coefficient (Wildman–Crippen LogP) is 6.00. The average molecular weight is 560 g/mol. The third kappa shape index (κ3) is 4.21. The fourth-order valence-corrected chi connectivity index (χ4v) is 3.87. The molecule has 0 saturated heterocycles. The van der Waals surface area contributed by atoms with Crippen molar-refractivity contribution in [3.8, 4) is 34.3 Å². The molecule has 0 aliphatic heterocycles. The minimum atomic E-state index is -1.11. The lowest BCUT2D eigenvalue weighted by Gasteiger charge is -2.10. The number of aromatic hydroxyl groups is 1. The molecule has 10 heteroatoms. The van der Waals surface area contributed by atoms with E-state index in [4.69, 9.17) is 4.74 Å². The van der Waals surface area contributed by atoms with E-state index in [2.05, 4.69) is 15.3 Å². The maximum Gasteiger partial charge on any atom is 0.187 e. The van der Waals surface area contributed by atoms with E-state index in [0.717, 1.165) is 12.1 Å². The van der Waals surface area contributed by atoms with Crippen LogP contribution in [0.3, 0.4) is 0 Å². The molecular weight excluding hydrogens is 548 g/mol. The molecule has 0 aliphatic carbocycles. The highest BCUT2D eigenvalue weighted by Gasteiger charge is 2.14. The monoisotopic (exact) mass is 560 g/mol. The lowest BCUT2D eigenvalue weighted by atomic mass is 10.1. The molecule has 3 aromatic carbocycles. The minimum Gasteiger partial charge on any atom is -0.503 e. The third-order valence-electron chi connectivity index (χ3n) is 4.78. The van der Waals surface area contributed by atoms with E-state index < -0.39 is 23.2 Å².